The van der Waals surface area contributed by atoms with Gasteiger partial charge in [-0.15, -0.1) is 11.3 Å². The number of benzene rings is 3. The summed E-state index contributed by atoms with van der Waals surface area (Å²) in [6, 6.07) is 29.5. The van der Waals surface area contributed by atoms with Gasteiger partial charge in [0.1, 0.15) is 11.7 Å². The number of rotatable bonds is 6. The third-order valence-corrected chi connectivity index (χ3v) is 6.26. The van der Waals surface area contributed by atoms with E-state index >= 15 is 0 Å². The van der Waals surface area contributed by atoms with Crippen LogP contribution in [0.4, 0.5) is 0 Å². The Morgan fingerprint density at radius 3 is 2.37 bits per heavy atom. The summed E-state index contributed by atoms with van der Waals surface area (Å²) in [5.74, 6) is 0.0742. The molecule has 4 nitrogen and oxygen atoms in total. The van der Waals surface area contributed by atoms with Gasteiger partial charge in [0.25, 0.3) is 0 Å². The lowest BCUT2D eigenvalue weighted by molar-refractivity contribution is 0.0964. The zero-order chi connectivity index (χ0) is 20.3. The van der Waals surface area contributed by atoms with E-state index in [1.54, 1.807) is 22.3 Å². The molecule has 30 heavy (non-hydrogen) atoms. The van der Waals surface area contributed by atoms with Gasteiger partial charge in [-0.05, 0) is 23.1 Å². The molecule has 0 aliphatic carbocycles. The number of Topliss-reactive ketones (excluding diaryl/α,β-unsaturated/α-hetero) is 1. The molecule has 0 aliphatic heterocycles. The summed E-state index contributed by atoms with van der Waals surface area (Å²) >= 11 is 1.70. The van der Waals surface area contributed by atoms with E-state index in [4.69, 9.17) is 5.10 Å². The van der Waals surface area contributed by atoms with Gasteiger partial charge in [-0.25, -0.2) is 0 Å². The highest BCUT2D eigenvalue weighted by Crippen LogP contribution is 2.33. The normalized spacial score (nSPS) is 12.1. The second-order valence-corrected chi connectivity index (χ2v) is 8.20. The Morgan fingerprint density at radius 2 is 1.60 bits per heavy atom. The van der Waals surface area contributed by atoms with Crippen LogP contribution in [0, 0.1) is 0 Å². The van der Waals surface area contributed by atoms with Crippen molar-refractivity contribution in [2.24, 2.45) is 0 Å². The molecule has 3 aromatic carbocycles. The van der Waals surface area contributed by atoms with Crippen molar-refractivity contribution in [2.75, 3.05) is 0 Å². The van der Waals surface area contributed by atoms with Crippen LogP contribution in [0.25, 0.3) is 20.7 Å². The summed E-state index contributed by atoms with van der Waals surface area (Å²) in [4.78, 5) is 15.7. The first kappa shape index (κ1) is 18.5. The Hall–Kier alpha value is -3.57. The van der Waals surface area contributed by atoms with Crippen LogP contribution in [0.2, 0.25) is 0 Å². The van der Waals surface area contributed by atoms with Crippen LogP contribution in [0.3, 0.4) is 0 Å². The van der Waals surface area contributed by atoms with E-state index < -0.39 is 0 Å². The fourth-order valence-corrected chi connectivity index (χ4v) is 4.58. The molecule has 5 heteroatoms. The Bertz CT molecular complexity index is 1260. The van der Waals surface area contributed by atoms with E-state index in [1.165, 1.54) is 10.1 Å². The standard InChI is InChI=1S/C25H19N3OS/c29-23(19-11-5-2-6-12-19)16-22(18-9-3-1-4-10-18)28-26-17-21(27-28)25-15-20-13-7-8-14-24(20)30-25/h1-15,17,22H,16H2. The number of fused-ring (bicyclic) bond motifs is 1. The molecule has 0 bridgehead atoms. The molecule has 2 heterocycles. The van der Waals surface area contributed by atoms with E-state index in [0.29, 0.717) is 12.0 Å². The summed E-state index contributed by atoms with van der Waals surface area (Å²) in [6.45, 7) is 0. The number of hydrogen-bond donors (Lipinski definition) is 0. The van der Waals surface area contributed by atoms with Gasteiger partial charge in [0.15, 0.2) is 5.78 Å². The fourth-order valence-electron chi connectivity index (χ4n) is 3.57. The number of carbonyl (C=O) groups is 1. The number of carbonyl (C=O) groups excluding carboxylic acids is 1. The van der Waals surface area contributed by atoms with E-state index in [0.717, 1.165) is 16.1 Å². The molecule has 0 fully saturated rings. The summed E-state index contributed by atoms with van der Waals surface area (Å²) in [5.41, 5.74) is 2.54. The molecule has 0 saturated carbocycles. The lowest BCUT2D eigenvalue weighted by atomic mass is 9.98. The van der Waals surface area contributed by atoms with Gasteiger partial charge in [-0.2, -0.15) is 15.0 Å². The zero-order valence-corrected chi connectivity index (χ0v) is 17.0. The number of thiophene rings is 1. The van der Waals surface area contributed by atoms with Crippen molar-refractivity contribution in [1.29, 1.82) is 0 Å². The maximum atomic E-state index is 12.9. The smallest absolute Gasteiger partial charge is 0.165 e. The van der Waals surface area contributed by atoms with Gasteiger partial charge < -0.3 is 0 Å². The first-order chi connectivity index (χ1) is 14.8. The predicted octanol–water partition coefficient (Wildman–Crippen LogP) is 6.02. The molecule has 0 N–H and O–H groups in total. The maximum Gasteiger partial charge on any atom is 0.165 e. The van der Waals surface area contributed by atoms with Crippen molar-refractivity contribution < 1.29 is 4.79 Å². The minimum Gasteiger partial charge on any atom is -0.294 e. The molecule has 1 unspecified atom stereocenters. The minimum atomic E-state index is -0.262. The van der Waals surface area contributed by atoms with Gasteiger partial charge in [0.05, 0.1) is 11.1 Å². The second-order valence-electron chi connectivity index (χ2n) is 7.12. The first-order valence-electron chi connectivity index (χ1n) is 9.82. The molecule has 2 aromatic heterocycles. The molecule has 0 amide bonds. The molecular formula is C25H19N3OS. The molecule has 5 rings (SSSR count). The lowest BCUT2D eigenvalue weighted by Crippen LogP contribution is -2.18. The number of ketones is 1. The summed E-state index contributed by atoms with van der Waals surface area (Å²) in [7, 11) is 0. The van der Waals surface area contributed by atoms with Crippen LogP contribution in [0.1, 0.15) is 28.4 Å². The first-order valence-corrected chi connectivity index (χ1v) is 10.6. The van der Waals surface area contributed by atoms with Gasteiger partial charge in [0.2, 0.25) is 0 Å². The van der Waals surface area contributed by atoms with E-state index in [9.17, 15) is 4.79 Å². The summed E-state index contributed by atoms with van der Waals surface area (Å²) in [6.07, 6.45) is 2.09. The van der Waals surface area contributed by atoms with Crippen molar-refractivity contribution in [1.82, 2.24) is 15.0 Å². The molecule has 146 valence electrons. The monoisotopic (exact) mass is 409 g/mol. The molecule has 5 aromatic rings. The fraction of sp³-hybridized carbons (Fsp3) is 0.0800. The number of hydrogen-bond acceptors (Lipinski definition) is 4. The predicted molar refractivity (Wildman–Crippen MR) is 121 cm³/mol. The van der Waals surface area contributed by atoms with E-state index in [-0.39, 0.29) is 11.8 Å². The van der Waals surface area contributed by atoms with Crippen LogP contribution >= 0.6 is 11.3 Å². The van der Waals surface area contributed by atoms with Crippen LogP contribution in [-0.2, 0) is 0 Å². The second kappa shape index (κ2) is 8.05. The zero-order valence-electron chi connectivity index (χ0n) is 16.2. The Kier molecular flexibility index (Phi) is 4.95. The highest BCUT2D eigenvalue weighted by molar-refractivity contribution is 7.22. The topological polar surface area (TPSA) is 47.8 Å². The average Bonchev–Trinajstić information content (AvgIpc) is 3.45. The third kappa shape index (κ3) is 3.67. The van der Waals surface area contributed by atoms with Crippen LogP contribution in [0.15, 0.2) is 97.2 Å². The lowest BCUT2D eigenvalue weighted by Gasteiger charge is -2.16. The average molecular weight is 410 g/mol. The van der Waals surface area contributed by atoms with Crippen molar-refractivity contribution in [3.63, 3.8) is 0 Å². The maximum absolute atomic E-state index is 12.9. The van der Waals surface area contributed by atoms with E-state index in [1.807, 2.05) is 72.8 Å². The number of nitrogens with zero attached hydrogens (tertiary/aromatic N) is 3. The summed E-state index contributed by atoms with van der Waals surface area (Å²) < 4.78 is 1.22. The SMILES string of the molecule is O=C(CC(c1ccccc1)n1ncc(-c2cc3ccccc3s2)n1)c1ccccc1. The van der Waals surface area contributed by atoms with E-state index in [2.05, 4.69) is 23.3 Å². The van der Waals surface area contributed by atoms with Crippen LogP contribution < -0.4 is 0 Å². The molecule has 0 saturated heterocycles. The molecule has 0 radical (unpaired) electrons. The Balaban J connectivity index is 1.49. The molecule has 0 spiro atoms. The van der Waals surface area contributed by atoms with Gasteiger partial charge in [0, 0.05) is 16.7 Å². The third-order valence-electron chi connectivity index (χ3n) is 5.12. The highest BCUT2D eigenvalue weighted by atomic mass is 32.1. The van der Waals surface area contributed by atoms with Crippen molar-refractivity contribution >= 4 is 27.2 Å². The van der Waals surface area contributed by atoms with Crippen molar-refractivity contribution in [3.05, 3.63) is 108 Å². The van der Waals surface area contributed by atoms with Crippen molar-refractivity contribution in [2.45, 2.75) is 12.5 Å². The van der Waals surface area contributed by atoms with Gasteiger partial charge in [-0.1, -0.05) is 78.9 Å². The quantitative estimate of drug-likeness (QED) is 0.322. The minimum absolute atomic E-state index is 0.0742. The van der Waals surface area contributed by atoms with Crippen molar-refractivity contribution in [3.8, 4) is 10.6 Å². The Morgan fingerprint density at radius 1 is 0.900 bits per heavy atom. The summed E-state index contributed by atoms with van der Waals surface area (Å²) in [5, 5.41) is 10.5. The number of aromatic nitrogens is 3. The van der Waals surface area contributed by atoms with Crippen LogP contribution in [-0.4, -0.2) is 20.8 Å². The molecular weight excluding hydrogens is 390 g/mol. The highest BCUT2D eigenvalue weighted by Gasteiger charge is 2.21. The van der Waals surface area contributed by atoms with Gasteiger partial charge in [-0.3, -0.25) is 4.79 Å². The largest absolute Gasteiger partial charge is 0.294 e. The van der Waals surface area contributed by atoms with Crippen LogP contribution in [0.5, 0.6) is 0 Å². The Labute approximate surface area is 178 Å². The van der Waals surface area contributed by atoms with Gasteiger partial charge >= 0.3 is 0 Å². The molecule has 0 aliphatic rings. The molecule has 1 atom stereocenters.